The van der Waals surface area contributed by atoms with Crippen molar-refractivity contribution in [2.45, 2.75) is 31.6 Å². The van der Waals surface area contributed by atoms with Gasteiger partial charge in [-0.1, -0.05) is 48.7 Å². The Morgan fingerprint density at radius 1 is 1.14 bits per heavy atom. The number of carbonyl (C=O) groups is 1. The fourth-order valence-electron chi connectivity index (χ4n) is 3.36. The van der Waals surface area contributed by atoms with Gasteiger partial charge in [0.1, 0.15) is 0 Å². The average Bonchev–Trinajstić information content (AvgIpc) is 3.02. The Balaban J connectivity index is 1.87. The van der Waals surface area contributed by atoms with E-state index >= 15 is 0 Å². The van der Waals surface area contributed by atoms with E-state index in [1.807, 2.05) is 30.3 Å². The molecule has 3 rings (SSSR count). The SMILES string of the molecule is O=C(O)C(c1ccc(-c2cncc(Cl)c2)cc1)C1CCCC1. The smallest absolute Gasteiger partial charge is 0.311 e. The third kappa shape index (κ3) is 3.14. The van der Waals surface area contributed by atoms with Crippen LogP contribution in [-0.2, 0) is 4.79 Å². The first-order chi connectivity index (χ1) is 10.6. The molecule has 0 amide bonds. The van der Waals surface area contributed by atoms with Crippen LogP contribution in [0.2, 0.25) is 5.02 Å². The fraction of sp³-hybridized carbons (Fsp3) is 0.333. The van der Waals surface area contributed by atoms with Gasteiger partial charge in [-0.2, -0.15) is 0 Å². The van der Waals surface area contributed by atoms with Crippen molar-refractivity contribution in [2.24, 2.45) is 5.92 Å². The molecule has 1 unspecified atom stereocenters. The number of hydrogen-bond acceptors (Lipinski definition) is 2. The van der Waals surface area contributed by atoms with Crippen LogP contribution in [0.5, 0.6) is 0 Å². The van der Waals surface area contributed by atoms with E-state index in [1.165, 1.54) is 0 Å². The second-order valence-corrected chi connectivity index (χ2v) is 6.31. The lowest BCUT2D eigenvalue weighted by molar-refractivity contribution is -0.140. The fourth-order valence-corrected chi connectivity index (χ4v) is 3.53. The number of rotatable bonds is 4. The molecule has 1 fully saturated rings. The third-order valence-electron chi connectivity index (χ3n) is 4.45. The lowest BCUT2D eigenvalue weighted by atomic mass is 9.84. The van der Waals surface area contributed by atoms with E-state index in [0.717, 1.165) is 42.4 Å². The number of aromatic nitrogens is 1. The standard InChI is InChI=1S/C18H18ClNO2/c19-16-9-15(10-20-11-16)12-5-7-14(8-6-12)17(18(21)22)13-3-1-2-4-13/h5-11,13,17H,1-4H2,(H,21,22). The maximum Gasteiger partial charge on any atom is 0.311 e. The molecule has 0 spiro atoms. The van der Waals surface area contributed by atoms with Crippen LogP contribution in [0, 0.1) is 5.92 Å². The minimum Gasteiger partial charge on any atom is -0.481 e. The highest BCUT2D eigenvalue weighted by molar-refractivity contribution is 6.30. The minimum atomic E-state index is -0.718. The normalized spacial score (nSPS) is 16.6. The second-order valence-electron chi connectivity index (χ2n) is 5.87. The van der Waals surface area contributed by atoms with Gasteiger partial charge < -0.3 is 5.11 Å². The van der Waals surface area contributed by atoms with Crippen molar-refractivity contribution in [3.8, 4) is 11.1 Å². The molecule has 3 nitrogen and oxygen atoms in total. The third-order valence-corrected chi connectivity index (χ3v) is 4.65. The first kappa shape index (κ1) is 15.0. The van der Waals surface area contributed by atoms with Gasteiger partial charge in [0, 0.05) is 18.0 Å². The number of pyridine rings is 1. The molecule has 4 heteroatoms. The lowest BCUT2D eigenvalue weighted by Crippen LogP contribution is -2.19. The van der Waals surface area contributed by atoms with Crippen molar-refractivity contribution in [1.29, 1.82) is 0 Å². The molecule has 0 aliphatic heterocycles. The molecule has 114 valence electrons. The Morgan fingerprint density at radius 2 is 1.82 bits per heavy atom. The molecule has 1 atom stereocenters. The van der Waals surface area contributed by atoms with Crippen LogP contribution in [0.15, 0.2) is 42.7 Å². The van der Waals surface area contributed by atoms with Crippen LogP contribution >= 0.6 is 11.6 Å². The molecule has 1 heterocycles. The number of halogens is 1. The summed E-state index contributed by atoms with van der Waals surface area (Å²) < 4.78 is 0. The second kappa shape index (κ2) is 6.49. The summed E-state index contributed by atoms with van der Waals surface area (Å²) in [7, 11) is 0. The highest BCUT2D eigenvalue weighted by atomic mass is 35.5. The molecular formula is C18H18ClNO2. The van der Waals surface area contributed by atoms with Gasteiger partial charge >= 0.3 is 5.97 Å². The molecule has 1 aliphatic rings. The van der Waals surface area contributed by atoms with Gasteiger partial charge in [-0.15, -0.1) is 0 Å². The largest absolute Gasteiger partial charge is 0.481 e. The van der Waals surface area contributed by atoms with Crippen LogP contribution in [0.3, 0.4) is 0 Å². The molecule has 1 N–H and O–H groups in total. The van der Waals surface area contributed by atoms with Gasteiger partial charge in [-0.25, -0.2) is 0 Å². The van der Waals surface area contributed by atoms with Crippen LogP contribution in [-0.4, -0.2) is 16.1 Å². The number of benzene rings is 1. The van der Waals surface area contributed by atoms with Crippen molar-refractivity contribution in [1.82, 2.24) is 4.98 Å². The number of hydrogen-bond donors (Lipinski definition) is 1. The Kier molecular flexibility index (Phi) is 4.44. The zero-order valence-corrected chi connectivity index (χ0v) is 13.0. The Labute approximate surface area is 135 Å². The highest BCUT2D eigenvalue weighted by Gasteiger charge is 2.31. The van der Waals surface area contributed by atoms with E-state index in [9.17, 15) is 9.90 Å². The van der Waals surface area contributed by atoms with E-state index in [1.54, 1.807) is 12.4 Å². The molecule has 1 aromatic heterocycles. The zero-order valence-electron chi connectivity index (χ0n) is 12.2. The van der Waals surface area contributed by atoms with Crippen LogP contribution in [0.1, 0.15) is 37.2 Å². The summed E-state index contributed by atoms with van der Waals surface area (Å²) >= 11 is 5.96. The van der Waals surface area contributed by atoms with Crippen molar-refractivity contribution in [3.05, 3.63) is 53.3 Å². The molecule has 0 saturated heterocycles. The predicted molar refractivity (Wildman–Crippen MR) is 87.0 cm³/mol. The summed E-state index contributed by atoms with van der Waals surface area (Å²) in [5, 5.41) is 10.2. The Hall–Kier alpha value is -1.87. The van der Waals surface area contributed by atoms with Crippen molar-refractivity contribution < 1.29 is 9.90 Å². The van der Waals surface area contributed by atoms with Crippen LogP contribution < -0.4 is 0 Å². The van der Waals surface area contributed by atoms with Gasteiger partial charge in [0.25, 0.3) is 0 Å². The van der Waals surface area contributed by atoms with E-state index in [2.05, 4.69) is 4.98 Å². The molecular weight excluding hydrogens is 298 g/mol. The molecule has 1 aliphatic carbocycles. The maximum atomic E-state index is 11.7. The highest BCUT2D eigenvalue weighted by Crippen LogP contribution is 2.38. The molecule has 0 bridgehead atoms. The molecule has 22 heavy (non-hydrogen) atoms. The lowest BCUT2D eigenvalue weighted by Gasteiger charge is -2.19. The summed E-state index contributed by atoms with van der Waals surface area (Å²) in [6.07, 6.45) is 7.65. The van der Waals surface area contributed by atoms with Gasteiger partial charge in [-0.3, -0.25) is 9.78 Å². The van der Waals surface area contributed by atoms with E-state index < -0.39 is 11.9 Å². The van der Waals surface area contributed by atoms with E-state index in [0.29, 0.717) is 5.02 Å². The number of aliphatic carboxylic acids is 1. The van der Waals surface area contributed by atoms with Gasteiger partial charge in [0.05, 0.1) is 10.9 Å². The van der Waals surface area contributed by atoms with Crippen molar-refractivity contribution in [3.63, 3.8) is 0 Å². The molecule has 1 aromatic carbocycles. The number of carboxylic acid groups (broad SMARTS) is 1. The van der Waals surface area contributed by atoms with Gasteiger partial charge in [0.15, 0.2) is 0 Å². The maximum absolute atomic E-state index is 11.7. The topological polar surface area (TPSA) is 50.2 Å². The molecule has 2 aromatic rings. The predicted octanol–water partition coefficient (Wildman–Crippen LogP) is 4.76. The van der Waals surface area contributed by atoms with Crippen molar-refractivity contribution in [2.75, 3.05) is 0 Å². The summed E-state index contributed by atoms with van der Waals surface area (Å²) in [6, 6.07) is 9.61. The minimum absolute atomic E-state index is 0.260. The summed E-state index contributed by atoms with van der Waals surface area (Å²) in [5.74, 6) is -0.853. The van der Waals surface area contributed by atoms with Gasteiger partial charge in [0.2, 0.25) is 0 Å². The van der Waals surface area contributed by atoms with Gasteiger partial charge in [-0.05, 0) is 36.0 Å². The monoisotopic (exact) mass is 315 g/mol. The first-order valence-electron chi connectivity index (χ1n) is 7.59. The van der Waals surface area contributed by atoms with E-state index in [4.69, 9.17) is 11.6 Å². The van der Waals surface area contributed by atoms with Crippen LogP contribution in [0.25, 0.3) is 11.1 Å². The summed E-state index contributed by atoms with van der Waals surface area (Å²) in [5.41, 5.74) is 2.82. The van der Waals surface area contributed by atoms with Crippen molar-refractivity contribution >= 4 is 17.6 Å². The number of carboxylic acids is 1. The Bertz CT molecular complexity index is 663. The summed E-state index contributed by atoms with van der Waals surface area (Å²) in [4.78, 5) is 15.7. The first-order valence-corrected chi connectivity index (χ1v) is 7.96. The zero-order chi connectivity index (χ0) is 15.5. The Morgan fingerprint density at radius 3 is 2.41 bits per heavy atom. The molecule has 1 saturated carbocycles. The van der Waals surface area contributed by atoms with Crippen LogP contribution in [0.4, 0.5) is 0 Å². The quantitative estimate of drug-likeness (QED) is 0.885. The molecule has 0 radical (unpaired) electrons. The number of nitrogens with zero attached hydrogens (tertiary/aromatic N) is 1. The van der Waals surface area contributed by atoms with E-state index in [-0.39, 0.29) is 5.92 Å². The average molecular weight is 316 g/mol. The summed E-state index contributed by atoms with van der Waals surface area (Å²) in [6.45, 7) is 0.